The normalized spacial score (nSPS) is 17.8. The van der Waals surface area contributed by atoms with Crippen LogP contribution in [0.3, 0.4) is 0 Å². The lowest BCUT2D eigenvalue weighted by atomic mass is 10.2. The van der Waals surface area contributed by atoms with Gasteiger partial charge >= 0.3 is 0 Å². The number of nitrogens with two attached hydrogens (primary N) is 2. The zero-order valence-electron chi connectivity index (χ0n) is 11.8. The minimum absolute atomic E-state index is 0.447. The van der Waals surface area contributed by atoms with E-state index in [4.69, 9.17) is 16.2 Å². The summed E-state index contributed by atoms with van der Waals surface area (Å²) in [6, 6.07) is 7.40. The largest absolute Gasteiger partial charge is 0.495 e. The smallest absolute Gasteiger partial charge is 0.235 e. The molecular weight excluding hydrogens is 256 g/mol. The standard InChI is InChI=1S/C14H22N4O2/c1-20-13-5-3-2-4-12(13)18-8-6-17(7-9-18)10-11(15)14(16)19/h2-5,11H,6-10,15H2,1H3,(H2,16,19). The summed E-state index contributed by atoms with van der Waals surface area (Å²) in [5, 5.41) is 0. The van der Waals surface area contributed by atoms with Crippen LogP contribution in [-0.2, 0) is 4.79 Å². The van der Waals surface area contributed by atoms with Gasteiger partial charge in [0.15, 0.2) is 0 Å². The molecule has 6 nitrogen and oxygen atoms in total. The Morgan fingerprint density at radius 3 is 2.55 bits per heavy atom. The van der Waals surface area contributed by atoms with E-state index < -0.39 is 11.9 Å². The maximum Gasteiger partial charge on any atom is 0.235 e. The molecule has 1 aliphatic rings. The second kappa shape index (κ2) is 6.58. The number of anilines is 1. The molecule has 6 heteroatoms. The number of rotatable bonds is 5. The number of para-hydroxylation sites is 2. The number of hydrogen-bond donors (Lipinski definition) is 2. The van der Waals surface area contributed by atoms with Gasteiger partial charge in [0, 0.05) is 32.7 Å². The topological polar surface area (TPSA) is 84.8 Å². The summed E-state index contributed by atoms with van der Waals surface area (Å²) in [6.07, 6.45) is 0. The Bertz CT molecular complexity index is 458. The van der Waals surface area contributed by atoms with E-state index in [-0.39, 0.29) is 0 Å². The van der Waals surface area contributed by atoms with Crippen molar-refractivity contribution in [2.24, 2.45) is 11.5 Å². The maximum absolute atomic E-state index is 11.0. The average Bonchev–Trinajstić information content (AvgIpc) is 2.48. The molecule has 4 N–H and O–H groups in total. The summed E-state index contributed by atoms with van der Waals surface area (Å²) < 4.78 is 5.38. The van der Waals surface area contributed by atoms with Gasteiger partial charge < -0.3 is 21.1 Å². The number of primary amides is 1. The predicted molar refractivity (Wildman–Crippen MR) is 78.8 cm³/mol. The summed E-state index contributed by atoms with van der Waals surface area (Å²) in [6.45, 7) is 4.00. The lowest BCUT2D eigenvalue weighted by Crippen LogP contribution is -2.52. The molecule has 1 aliphatic heterocycles. The number of methoxy groups -OCH3 is 1. The monoisotopic (exact) mass is 278 g/mol. The average molecular weight is 278 g/mol. The van der Waals surface area contributed by atoms with Crippen LogP contribution >= 0.6 is 0 Å². The third-order valence-electron chi connectivity index (χ3n) is 3.62. The van der Waals surface area contributed by atoms with Gasteiger partial charge in [-0.05, 0) is 12.1 Å². The zero-order chi connectivity index (χ0) is 14.5. The van der Waals surface area contributed by atoms with Gasteiger partial charge in [-0.3, -0.25) is 9.69 Å². The number of nitrogens with zero attached hydrogens (tertiary/aromatic N) is 2. The second-order valence-electron chi connectivity index (χ2n) is 4.97. The van der Waals surface area contributed by atoms with Crippen LogP contribution in [0.25, 0.3) is 0 Å². The molecule has 0 aromatic heterocycles. The van der Waals surface area contributed by atoms with Crippen LogP contribution in [0.15, 0.2) is 24.3 Å². The van der Waals surface area contributed by atoms with Gasteiger partial charge in [0.1, 0.15) is 5.75 Å². The lowest BCUT2D eigenvalue weighted by molar-refractivity contribution is -0.119. The fraction of sp³-hybridized carbons (Fsp3) is 0.500. The van der Waals surface area contributed by atoms with E-state index >= 15 is 0 Å². The van der Waals surface area contributed by atoms with Crippen molar-refractivity contribution in [1.29, 1.82) is 0 Å². The quantitative estimate of drug-likeness (QED) is 0.767. The van der Waals surface area contributed by atoms with Crippen molar-refractivity contribution in [3.8, 4) is 5.75 Å². The fourth-order valence-electron chi connectivity index (χ4n) is 2.43. The molecule has 1 aromatic rings. The van der Waals surface area contributed by atoms with Crippen LogP contribution in [0.1, 0.15) is 0 Å². The summed E-state index contributed by atoms with van der Waals surface area (Å²) in [5.74, 6) is 0.437. The molecule has 1 atom stereocenters. The van der Waals surface area contributed by atoms with E-state index in [2.05, 4.69) is 15.9 Å². The molecule has 110 valence electrons. The van der Waals surface area contributed by atoms with Crippen molar-refractivity contribution in [3.05, 3.63) is 24.3 Å². The number of carbonyl (C=O) groups is 1. The summed E-state index contributed by atoms with van der Waals surface area (Å²) in [5.41, 5.74) is 12.0. The molecular formula is C14H22N4O2. The maximum atomic E-state index is 11.0. The molecule has 0 saturated carbocycles. The van der Waals surface area contributed by atoms with Crippen molar-refractivity contribution < 1.29 is 9.53 Å². The van der Waals surface area contributed by atoms with Crippen LogP contribution < -0.4 is 21.1 Å². The van der Waals surface area contributed by atoms with Crippen LogP contribution in [0.4, 0.5) is 5.69 Å². The van der Waals surface area contributed by atoms with Gasteiger partial charge in [0.25, 0.3) is 0 Å². The first-order chi connectivity index (χ1) is 9.61. The first-order valence-corrected chi connectivity index (χ1v) is 6.77. The number of piperazine rings is 1. The Hall–Kier alpha value is -1.79. The molecule has 2 rings (SSSR count). The Balaban J connectivity index is 1.92. The highest BCUT2D eigenvalue weighted by Crippen LogP contribution is 2.28. The Morgan fingerprint density at radius 1 is 1.30 bits per heavy atom. The van der Waals surface area contributed by atoms with E-state index in [1.165, 1.54) is 0 Å². The third kappa shape index (κ3) is 3.40. The number of hydrogen-bond acceptors (Lipinski definition) is 5. The van der Waals surface area contributed by atoms with Crippen molar-refractivity contribution in [1.82, 2.24) is 4.90 Å². The minimum Gasteiger partial charge on any atom is -0.495 e. The number of carbonyl (C=O) groups excluding carboxylic acids is 1. The fourth-order valence-corrected chi connectivity index (χ4v) is 2.43. The van der Waals surface area contributed by atoms with Gasteiger partial charge in [0.2, 0.25) is 5.91 Å². The summed E-state index contributed by atoms with van der Waals surface area (Å²) in [7, 11) is 1.68. The molecule has 1 aromatic carbocycles. The van der Waals surface area contributed by atoms with Crippen molar-refractivity contribution >= 4 is 11.6 Å². The van der Waals surface area contributed by atoms with Crippen molar-refractivity contribution in [2.45, 2.75) is 6.04 Å². The van der Waals surface area contributed by atoms with E-state index in [0.717, 1.165) is 37.6 Å². The summed E-state index contributed by atoms with van der Waals surface area (Å²) in [4.78, 5) is 15.4. The van der Waals surface area contributed by atoms with Gasteiger partial charge in [-0.25, -0.2) is 0 Å². The Labute approximate surface area is 119 Å². The zero-order valence-corrected chi connectivity index (χ0v) is 11.8. The SMILES string of the molecule is COc1ccccc1N1CCN(CC(N)C(N)=O)CC1. The van der Waals surface area contributed by atoms with Crippen molar-refractivity contribution in [2.75, 3.05) is 44.7 Å². The van der Waals surface area contributed by atoms with Crippen LogP contribution in [-0.4, -0.2) is 56.7 Å². The molecule has 1 unspecified atom stereocenters. The molecule has 1 saturated heterocycles. The lowest BCUT2D eigenvalue weighted by Gasteiger charge is -2.37. The first kappa shape index (κ1) is 14.6. The van der Waals surface area contributed by atoms with Crippen LogP contribution in [0, 0.1) is 0 Å². The highest BCUT2D eigenvalue weighted by Gasteiger charge is 2.22. The van der Waals surface area contributed by atoms with E-state index in [1.54, 1.807) is 7.11 Å². The van der Waals surface area contributed by atoms with Crippen LogP contribution in [0.2, 0.25) is 0 Å². The molecule has 1 amide bonds. The molecule has 0 bridgehead atoms. The minimum atomic E-state index is -0.590. The highest BCUT2D eigenvalue weighted by atomic mass is 16.5. The molecule has 0 aliphatic carbocycles. The molecule has 0 radical (unpaired) electrons. The number of ether oxygens (including phenoxy) is 1. The van der Waals surface area contributed by atoms with E-state index in [1.807, 2.05) is 18.2 Å². The third-order valence-corrected chi connectivity index (χ3v) is 3.62. The van der Waals surface area contributed by atoms with E-state index in [0.29, 0.717) is 6.54 Å². The number of benzene rings is 1. The van der Waals surface area contributed by atoms with Crippen molar-refractivity contribution in [3.63, 3.8) is 0 Å². The summed E-state index contributed by atoms with van der Waals surface area (Å²) >= 11 is 0. The number of amides is 1. The first-order valence-electron chi connectivity index (χ1n) is 6.77. The van der Waals surface area contributed by atoms with Crippen LogP contribution in [0.5, 0.6) is 5.75 Å². The molecule has 20 heavy (non-hydrogen) atoms. The van der Waals surface area contributed by atoms with Gasteiger partial charge in [0.05, 0.1) is 18.8 Å². The second-order valence-corrected chi connectivity index (χ2v) is 4.97. The molecule has 1 heterocycles. The van der Waals surface area contributed by atoms with Gasteiger partial charge in [-0.1, -0.05) is 12.1 Å². The molecule has 0 spiro atoms. The molecule has 1 fully saturated rings. The Kier molecular flexibility index (Phi) is 4.81. The highest BCUT2D eigenvalue weighted by molar-refractivity contribution is 5.79. The van der Waals surface area contributed by atoms with Gasteiger partial charge in [-0.15, -0.1) is 0 Å². The predicted octanol–water partition coefficient (Wildman–Crippen LogP) is -0.370. The van der Waals surface area contributed by atoms with E-state index in [9.17, 15) is 4.79 Å². The van der Waals surface area contributed by atoms with Gasteiger partial charge in [-0.2, -0.15) is 0 Å². The Morgan fingerprint density at radius 2 is 1.95 bits per heavy atom.